The molecule has 6 rings (SSSR count). The highest BCUT2D eigenvalue weighted by Crippen LogP contribution is 2.46. The van der Waals surface area contributed by atoms with E-state index in [1.54, 1.807) is 0 Å². The molecule has 5 heteroatoms. The summed E-state index contributed by atoms with van der Waals surface area (Å²) in [6, 6.07) is 23.8. The molecule has 33 heavy (non-hydrogen) atoms. The lowest BCUT2D eigenvalue weighted by molar-refractivity contribution is -0.210. The number of hydrogen-bond donors (Lipinski definition) is 0. The Morgan fingerprint density at radius 2 is 1.45 bits per heavy atom. The Hall–Kier alpha value is -3.60. The van der Waals surface area contributed by atoms with E-state index < -0.39 is 11.6 Å². The molecule has 0 bridgehead atoms. The molecule has 3 aromatic carbocycles. The number of aromatic nitrogens is 2. The number of hydrogen-bond acceptors (Lipinski definition) is 1. The Morgan fingerprint density at radius 1 is 0.758 bits per heavy atom. The lowest BCUT2D eigenvalue weighted by Crippen LogP contribution is -2.34. The van der Waals surface area contributed by atoms with Gasteiger partial charge >= 0.3 is 6.18 Å². The molecule has 6 aromatic rings. The van der Waals surface area contributed by atoms with Crippen LogP contribution >= 0.6 is 0 Å². The third-order valence-electron chi connectivity index (χ3n) is 6.79. The van der Waals surface area contributed by atoms with Gasteiger partial charge in [0, 0.05) is 33.3 Å². The predicted octanol–water partition coefficient (Wildman–Crippen LogP) is 8.03. The number of pyridine rings is 1. The fourth-order valence-electron chi connectivity index (χ4n) is 5.04. The van der Waals surface area contributed by atoms with Crippen LogP contribution in [0.4, 0.5) is 13.2 Å². The first-order valence-corrected chi connectivity index (χ1v) is 10.9. The molecule has 0 fully saturated rings. The van der Waals surface area contributed by atoms with Gasteiger partial charge in [-0.05, 0) is 24.1 Å². The molecule has 0 amide bonds. The fraction of sp³-hybridized carbons (Fsp3) is 0.179. The SMILES string of the molecule is CC(C)(Cc1ccc2c3ccnc(-c4ccccc4)c3n3c4ccccc4c1c23)C(F)(F)F. The van der Waals surface area contributed by atoms with Crippen LogP contribution in [0.2, 0.25) is 0 Å². The molecule has 3 heterocycles. The maximum atomic E-state index is 13.8. The Morgan fingerprint density at radius 3 is 2.21 bits per heavy atom. The number of alkyl halides is 3. The van der Waals surface area contributed by atoms with Gasteiger partial charge in [-0.2, -0.15) is 13.2 Å². The molecule has 2 nitrogen and oxygen atoms in total. The van der Waals surface area contributed by atoms with E-state index in [2.05, 4.69) is 4.40 Å². The maximum absolute atomic E-state index is 13.8. The third kappa shape index (κ3) is 2.78. The zero-order valence-electron chi connectivity index (χ0n) is 18.2. The van der Waals surface area contributed by atoms with Gasteiger partial charge in [-0.1, -0.05) is 74.5 Å². The Bertz CT molecular complexity index is 1640. The number of para-hydroxylation sites is 1. The van der Waals surface area contributed by atoms with E-state index in [4.69, 9.17) is 4.98 Å². The first kappa shape index (κ1) is 20.0. The van der Waals surface area contributed by atoms with Crippen molar-refractivity contribution in [1.82, 2.24) is 9.38 Å². The smallest absolute Gasteiger partial charge is 0.306 e. The van der Waals surface area contributed by atoms with Gasteiger partial charge in [-0.25, -0.2) is 0 Å². The molecule has 0 saturated carbocycles. The van der Waals surface area contributed by atoms with E-state index in [1.165, 1.54) is 13.8 Å². The normalized spacial score (nSPS) is 13.1. The van der Waals surface area contributed by atoms with Crippen molar-refractivity contribution in [2.75, 3.05) is 0 Å². The lowest BCUT2D eigenvalue weighted by atomic mass is 9.83. The summed E-state index contributed by atoms with van der Waals surface area (Å²) in [5.74, 6) is 0. The highest BCUT2D eigenvalue weighted by Gasteiger charge is 2.47. The number of benzene rings is 3. The molecular formula is C28H21F3N2. The standard InChI is InChI=1S/C28H21F3N2/c1-27(2,28(29,30)31)16-18-12-13-19-20-14-15-32-24(17-8-4-3-5-9-17)26(20)33-22-11-7-6-10-21(22)23(18)25(19)33/h3-15H,16H2,1-2H3. The lowest BCUT2D eigenvalue weighted by Gasteiger charge is -2.28. The van der Waals surface area contributed by atoms with Crippen LogP contribution in [0, 0.1) is 5.41 Å². The molecular weight excluding hydrogens is 421 g/mol. The van der Waals surface area contributed by atoms with Gasteiger partial charge in [0.15, 0.2) is 0 Å². The molecule has 0 aliphatic heterocycles. The predicted molar refractivity (Wildman–Crippen MR) is 128 cm³/mol. The summed E-state index contributed by atoms with van der Waals surface area (Å²) in [7, 11) is 0. The van der Waals surface area contributed by atoms with Crippen LogP contribution in [0.5, 0.6) is 0 Å². The van der Waals surface area contributed by atoms with E-state index in [0.717, 1.165) is 49.4 Å². The number of fused-ring (bicyclic) bond motifs is 6. The first-order valence-electron chi connectivity index (χ1n) is 10.9. The maximum Gasteiger partial charge on any atom is 0.394 e. The summed E-state index contributed by atoms with van der Waals surface area (Å²) in [4.78, 5) is 4.72. The van der Waals surface area contributed by atoms with Gasteiger partial charge in [0.1, 0.15) is 0 Å². The highest BCUT2D eigenvalue weighted by molar-refractivity contribution is 6.25. The van der Waals surface area contributed by atoms with Crippen molar-refractivity contribution in [2.45, 2.75) is 26.4 Å². The van der Waals surface area contributed by atoms with E-state index >= 15 is 0 Å². The number of nitrogens with zero attached hydrogens (tertiary/aromatic N) is 2. The van der Waals surface area contributed by atoms with Gasteiger partial charge < -0.3 is 4.40 Å². The summed E-state index contributed by atoms with van der Waals surface area (Å²) in [5, 5.41) is 3.95. The van der Waals surface area contributed by atoms with E-state index in [-0.39, 0.29) is 6.42 Å². The van der Waals surface area contributed by atoms with E-state index in [9.17, 15) is 13.2 Å². The Balaban J connectivity index is 1.77. The Kier molecular flexibility index (Phi) is 4.07. The third-order valence-corrected chi connectivity index (χ3v) is 6.79. The summed E-state index contributed by atoms with van der Waals surface area (Å²) < 4.78 is 43.5. The van der Waals surface area contributed by atoms with Gasteiger partial charge in [-0.15, -0.1) is 0 Å². The van der Waals surface area contributed by atoms with Gasteiger partial charge in [0.05, 0.1) is 27.7 Å². The van der Waals surface area contributed by atoms with Crippen LogP contribution < -0.4 is 0 Å². The van der Waals surface area contributed by atoms with Crippen molar-refractivity contribution >= 4 is 38.1 Å². The minimum absolute atomic E-state index is 0.0819. The fourth-order valence-corrected chi connectivity index (χ4v) is 5.04. The average molecular weight is 442 g/mol. The van der Waals surface area contributed by atoms with E-state index in [1.807, 2.05) is 79.0 Å². The van der Waals surface area contributed by atoms with Gasteiger partial charge in [0.25, 0.3) is 0 Å². The number of rotatable bonds is 3. The van der Waals surface area contributed by atoms with Crippen molar-refractivity contribution in [3.05, 3.63) is 84.6 Å². The van der Waals surface area contributed by atoms with Crippen molar-refractivity contribution < 1.29 is 13.2 Å². The zero-order valence-corrected chi connectivity index (χ0v) is 18.2. The molecule has 0 aliphatic rings. The van der Waals surface area contributed by atoms with Gasteiger partial charge in [-0.3, -0.25) is 4.98 Å². The van der Waals surface area contributed by atoms with Crippen LogP contribution in [-0.4, -0.2) is 15.6 Å². The number of halogens is 3. The molecule has 0 saturated heterocycles. The molecule has 0 N–H and O–H groups in total. The monoisotopic (exact) mass is 442 g/mol. The second-order valence-electron chi connectivity index (χ2n) is 9.33. The van der Waals surface area contributed by atoms with Crippen molar-refractivity contribution in [3.8, 4) is 11.3 Å². The van der Waals surface area contributed by atoms with Crippen LogP contribution in [-0.2, 0) is 6.42 Å². The summed E-state index contributed by atoms with van der Waals surface area (Å²) in [5.41, 5.74) is 3.69. The second-order valence-corrected chi connectivity index (χ2v) is 9.33. The molecule has 0 atom stereocenters. The van der Waals surface area contributed by atoms with Gasteiger partial charge in [0.2, 0.25) is 0 Å². The molecule has 0 spiro atoms. The topological polar surface area (TPSA) is 17.3 Å². The molecule has 0 unspecified atom stereocenters. The van der Waals surface area contributed by atoms with Crippen molar-refractivity contribution in [3.63, 3.8) is 0 Å². The molecule has 164 valence electrons. The Labute approximate surface area is 188 Å². The molecule has 3 aromatic heterocycles. The van der Waals surface area contributed by atoms with Crippen LogP contribution in [0.25, 0.3) is 49.4 Å². The quantitative estimate of drug-likeness (QED) is 0.271. The minimum atomic E-state index is -4.29. The molecule has 0 aliphatic carbocycles. The van der Waals surface area contributed by atoms with Crippen LogP contribution in [0.15, 0.2) is 79.0 Å². The minimum Gasteiger partial charge on any atom is -0.306 e. The zero-order chi connectivity index (χ0) is 23.0. The van der Waals surface area contributed by atoms with Crippen molar-refractivity contribution in [2.24, 2.45) is 5.41 Å². The largest absolute Gasteiger partial charge is 0.394 e. The van der Waals surface area contributed by atoms with Crippen LogP contribution in [0.1, 0.15) is 19.4 Å². The molecule has 0 radical (unpaired) electrons. The first-order chi connectivity index (χ1) is 15.8. The van der Waals surface area contributed by atoms with Crippen LogP contribution in [0.3, 0.4) is 0 Å². The summed E-state index contributed by atoms with van der Waals surface area (Å²) >= 11 is 0. The van der Waals surface area contributed by atoms with E-state index in [0.29, 0.717) is 5.56 Å². The highest BCUT2D eigenvalue weighted by atomic mass is 19.4. The average Bonchev–Trinajstić information content (AvgIpc) is 3.31. The van der Waals surface area contributed by atoms with Crippen molar-refractivity contribution in [1.29, 1.82) is 0 Å². The summed E-state index contributed by atoms with van der Waals surface area (Å²) in [6.07, 6.45) is -2.56. The second kappa shape index (κ2) is 6.70. The summed E-state index contributed by atoms with van der Waals surface area (Å²) in [6.45, 7) is 2.55.